The molecule has 0 saturated heterocycles. The third kappa shape index (κ3) is 6.61. The molecule has 2 heteroatoms. The Balaban J connectivity index is 0.934. The largest absolute Gasteiger partial charge is 0.310 e. The molecule has 0 amide bonds. The normalized spacial score (nSPS) is 20.1. The number of benzene rings is 9. The molecule has 4 aliphatic carbocycles. The number of fused-ring (bicyclic) bond motifs is 5. The van der Waals surface area contributed by atoms with E-state index in [0.29, 0.717) is 5.41 Å². The van der Waals surface area contributed by atoms with Gasteiger partial charge in [0.05, 0.1) is 16.7 Å². The topological polar surface area (TPSA) is 8.17 Å². The van der Waals surface area contributed by atoms with Crippen LogP contribution in [0.5, 0.6) is 0 Å². The molecule has 4 saturated carbocycles. The van der Waals surface area contributed by atoms with Gasteiger partial charge in [-0.25, -0.2) is 0 Å². The summed E-state index contributed by atoms with van der Waals surface area (Å²) in [7, 11) is 0. The number of anilines is 3. The van der Waals surface area contributed by atoms with E-state index in [9.17, 15) is 0 Å². The molecule has 2 nitrogen and oxygen atoms in total. The van der Waals surface area contributed by atoms with Crippen LogP contribution in [0.2, 0.25) is 0 Å². The second kappa shape index (κ2) is 15.5. The van der Waals surface area contributed by atoms with Gasteiger partial charge in [0.25, 0.3) is 0 Å². The Hall–Kier alpha value is -7.16. The molecule has 4 fully saturated rings. The van der Waals surface area contributed by atoms with Gasteiger partial charge in [-0.1, -0.05) is 158 Å². The second-order valence-electron chi connectivity index (χ2n) is 19.5. The van der Waals surface area contributed by atoms with Gasteiger partial charge in [0.15, 0.2) is 0 Å². The molecule has 314 valence electrons. The van der Waals surface area contributed by atoms with Gasteiger partial charge in [-0.05, 0) is 167 Å². The molecule has 0 spiro atoms. The minimum absolute atomic E-state index is 0.327. The zero-order valence-corrected chi connectivity index (χ0v) is 36.8. The molecule has 65 heavy (non-hydrogen) atoms. The van der Waals surface area contributed by atoms with Crippen molar-refractivity contribution in [3.63, 3.8) is 0 Å². The van der Waals surface area contributed by atoms with E-state index in [4.69, 9.17) is 0 Å². The van der Waals surface area contributed by atoms with Crippen molar-refractivity contribution in [2.45, 2.75) is 50.4 Å². The van der Waals surface area contributed by atoms with Crippen LogP contribution >= 0.6 is 0 Å². The van der Waals surface area contributed by atoms with Gasteiger partial charge >= 0.3 is 0 Å². The van der Waals surface area contributed by atoms with E-state index in [1.54, 1.807) is 5.56 Å². The number of rotatable bonds is 8. The van der Waals surface area contributed by atoms with Crippen LogP contribution in [0.3, 0.4) is 0 Å². The van der Waals surface area contributed by atoms with Crippen molar-refractivity contribution in [1.82, 2.24) is 4.57 Å². The smallest absolute Gasteiger partial charge is 0.0541 e. The molecule has 0 aliphatic heterocycles. The van der Waals surface area contributed by atoms with E-state index in [1.807, 2.05) is 0 Å². The van der Waals surface area contributed by atoms with Gasteiger partial charge < -0.3 is 9.47 Å². The highest BCUT2D eigenvalue weighted by Gasteiger charge is 2.48. The van der Waals surface area contributed by atoms with E-state index in [2.05, 4.69) is 222 Å². The Morgan fingerprint density at radius 2 is 0.969 bits per heavy atom. The SMILES string of the molecule is c1ccc(-c2ccc(-c3ccc(N(c4ccc(C56CCC7C[C@H](C[C@@H](C7)C5)C6)cc4)c4cccc(-c5cccc(-n6c7ccccc7c7ccccc76)c5)c4)c4ccccc34)cc2)cc1. The zero-order chi connectivity index (χ0) is 42.9. The molecule has 0 N–H and O–H groups in total. The standard InChI is InChI=1S/C63H52N2/c1-2-12-46(13-3-1)47-24-26-48(27-25-47)55-32-33-62(57-19-5-4-18-56(55)57)64(52-30-28-51(29-31-52)63-35-34-43-36-44(41-63)38-45(37-43)42-63)53-16-10-14-49(39-53)50-15-11-17-54(40-50)65-60-22-8-6-20-58(60)59-21-7-9-23-61(59)65/h1-33,39-40,43-45H,34-38,41-42H2/t43?,44-,45-,63?/m1/s1. The molecule has 1 aromatic heterocycles. The van der Waals surface area contributed by atoms with E-state index >= 15 is 0 Å². The van der Waals surface area contributed by atoms with Crippen LogP contribution in [0.25, 0.3) is 71.6 Å². The highest BCUT2D eigenvalue weighted by atomic mass is 15.1. The highest BCUT2D eigenvalue weighted by molar-refractivity contribution is 6.09. The van der Waals surface area contributed by atoms with E-state index in [0.717, 1.165) is 29.1 Å². The molecule has 4 bridgehead atoms. The number of hydrogen-bond donors (Lipinski definition) is 0. The maximum absolute atomic E-state index is 2.51. The quantitative estimate of drug-likeness (QED) is 0.148. The summed E-state index contributed by atoms with van der Waals surface area (Å²) in [5, 5.41) is 5.03. The molecule has 9 aromatic carbocycles. The Labute approximate surface area is 382 Å². The summed E-state index contributed by atoms with van der Waals surface area (Å²) in [5.41, 5.74) is 16.3. The monoisotopic (exact) mass is 836 g/mol. The molecular weight excluding hydrogens is 785 g/mol. The maximum Gasteiger partial charge on any atom is 0.0541 e. The first-order valence-corrected chi connectivity index (χ1v) is 23.9. The molecule has 1 heterocycles. The van der Waals surface area contributed by atoms with Crippen molar-refractivity contribution in [2.75, 3.05) is 4.90 Å². The lowest BCUT2D eigenvalue weighted by Crippen LogP contribution is -2.37. The molecule has 10 aromatic rings. The molecule has 0 radical (unpaired) electrons. The van der Waals surface area contributed by atoms with Gasteiger partial charge in [0.2, 0.25) is 0 Å². The fraction of sp³-hybridized carbons (Fsp3) is 0.175. The lowest BCUT2D eigenvalue weighted by atomic mass is 9.59. The predicted molar refractivity (Wildman–Crippen MR) is 274 cm³/mol. The third-order valence-electron chi connectivity index (χ3n) is 15.7. The van der Waals surface area contributed by atoms with Gasteiger partial charge in [0, 0.05) is 33.2 Å². The average Bonchev–Trinajstić information content (AvgIpc) is 3.56. The molecule has 4 aliphatic rings. The highest BCUT2D eigenvalue weighted by Crippen LogP contribution is 2.58. The number of aromatic nitrogens is 1. The van der Waals surface area contributed by atoms with Crippen LogP contribution in [0.15, 0.2) is 212 Å². The summed E-state index contributed by atoms with van der Waals surface area (Å²) < 4.78 is 2.42. The van der Waals surface area contributed by atoms with Crippen molar-refractivity contribution in [3.8, 4) is 39.1 Å². The van der Waals surface area contributed by atoms with Crippen LogP contribution in [0, 0.1) is 17.8 Å². The van der Waals surface area contributed by atoms with Gasteiger partial charge in [-0.2, -0.15) is 0 Å². The van der Waals surface area contributed by atoms with E-state index < -0.39 is 0 Å². The number of para-hydroxylation sites is 2. The summed E-state index contributed by atoms with van der Waals surface area (Å²) in [4.78, 5) is 2.51. The first kappa shape index (κ1) is 38.3. The molecule has 2 atom stereocenters. The van der Waals surface area contributed by atoms with Crippen LogP contribution < -0.4 is 4.90 Å². The summed E-state index contributed by atoms with van der Waals surface area (Å²) in [5.74, 6) is 2.76. The Morgan fingerprint density at radius 3 is 1.69 bits per heavy atom. The fourth-order valence-electron chi connectivity index (χ4n) is 13.0. The van der Waals surface area contributed by atoms with E-state index in [-0.39, 0.29) is 0 Å². The van der Waals surface area contributed by atoms with E-state index in [1.165, 1.54) is 122 Å². The maximum atomic E-state index is 2.51. The summed E-state index contributed by atoms with van der Waals surface area (Å²) in [6.45, 7) is 0. The van der Waals surface area contributed by atoms with Crippen LogP contribution in [0.4, 0.5) is 17.1 Å². The Morgan fingerprint density at radius 1 is 0.400 bits per heavy atom. The summed E-state index contributed by atoms with van der Waals surface area (Å²) in [6, 6.07) is 79.1. The van der Waals surface area contributed by atoms with Crippen molar-refractivity contribution >= 4 is 49.6 Å². The Kier molecular flexibility index (Phi) is 9.15. The lowest BCUT2D eigenvalue weighted by Gasteiger charge is -2.45. The summed E-state index contributed by atoms with van der Waals surface area (Å²) in [6.07, 6.45) is 9.88. The van der Waals surface area contributed by atoms with Gasteiger partial charge in [0.1, 0.15) is 0 Å². The minimum Gasteiger partial charge on any atom is -0.310 e. The van der Waals surface area contributed by atoms with Crippen molar-refractivity contribution in [2.24, 2.45) is 17.8 Å². The van der Waals surface area contributed by atoms with Gasteiger partial charge in [-0.3, -0.25) is 0 Å². The number of nitrogens with zero attached hydrogens (tertiary/aromatic N) is 2. The van der Waals surface area contributed by atoms with Crippen LogP contribution in [0.1, 0.15) is 50.5 Å². The molecule has 0 unspecified atom stereocenters. The van der Waals surface area contributed by atoms with Crippen LogP contribution in [-0.2, 0) is 5.41 Å². The fourth-order valence-corrected chi connectivity index (χ4v) is 13.0. The summed E-state index contributed by atoms with van der Waals surface area (Å²) >= 11 is 0. The van der Waals surface area contributed by atoms with Crippen molar-refractivity contribution in [1.29, 1.82) is 0 Å². The van der Waals surface area contributed by atoms with Crippen molar-refractivity contribution < 1.29 is 0 Å². The average molecular weight is 837 g/mol. The van der Waals surface area contributed by atoms with Crippen molar-refractivity contribution in [3.05, 3.63) is 218 Å². The zero-order valence-electron chi connectivity index (χ0n) is 36.8. The third-order valence-corrected chi connectivity index (χ3v) is 15.7. The Bertz CT molecular complexity index is 3310. The predicted octanol–water partition coefficient (Wildman–Crippen LogP) is 17.3. The molecular formula is C63H52N2. The lowest BCUT2D eigenvalue weighted by molar-refractivity contribution is 0.113. The first-order chi connectivity index (χ1) is 32.1. The first-order valence-electron chi connectivity index (χ1n) is 23.9. The minimum atomic E-state index is 0.327. The molecule has 14 rings (SSSR count). The van der Waals surface area contributed by atoms with Gasteiger partial charge in [-0.15, -0.1) is 0 Å². The second-order valence-corrected chi connectivity index (χ2v) is 19.5. The van der Waals surface area contributed by atoms with Crippen LogP contribution in [-0.4, -0.2) is 4.57 Å². The number of hydrogen-bond acceptors (Lipinski definition) is 1.